The highest BCUT2D eigenvalue weighted by atomic mass is 15.3. The molecule has 0 bridgehead atoms. The lowest BCUT2D eigenvalue weighted by Crippen LogP contribution is -2.02. The standard InChI is InChI=1S/C12H12N2/c1-2-12-8-9-14(13-12)10-11-6-4-3-5-7-11/h4,6-9H,2,10H2,1H3. The zero-order valence-electron chi connectivity index (χ0n) is 8.20. The molecule has 0 saturated heterocycles. The van der Waals surface area contributed by atoms with Gasteiger partial charge >= 0.3 is 0 Å². The number of nitrogens with zero attached hydrogens (tertiary/aromatic N) is 2. The third-order valence-corrected chi connectivity index (χ3v) is 2.12. The molecule has 0 aromatic carbocycles. The highest BCUT2D eigenvalue weighted by Gasteiger charge is 2.01. The van der Waals surface area contributed by atoms with E-state index in [2.05, 4.69) is 30.9 Å². The molecular weight excluding hydrogens is 172 g/mol. The minimum absolute atomic E-state index is 0.811. The number of hydrogen-bond acceptors (Lipinski definition) is 1. The smallest absolute Gasteiger partial charge is 0.0656 e. The molecule has 0 amide bonds. The largest absolute Gasteiger partial charge is 0.268 e. The molecule has 1 aromatic heterocycles. The highest BCUT2D eigenvalue weighted by molar-refractivity contribution is 5.32. The predicted molar refractivity (Wildman–Crippen MR) is 55.3 cm³/mol. The molecule has 2 rings (SSSR count). The van der Waals surface area contributed by atoms with E-state index < -0.39 is 0 Å². The van der Waals surface area contributed by atoms with Gasteiger partial charge in [-0.1, -0.05) is 25.2 Å². The second kappa shape index (κ2) is 4.27. The van der Waals surface area contributed by atoms with Gasteiger partial charge in [0.05, 0.1) is 12.2 Å². The Kier molecular flexibility index (Phi) is 2.82. The molecule has 1 aromatic rings. The molecule has 0 saturated carbocycles. The molecule has 70 valence electrons. The summed E-state index contributed by atoms with van der Waals surface area (Å²) in [4.78, 5) is 0. The van der Waals surface area contributed by atoms with Crippen LogP contribution < -0.4 is 0 Å². The lowest BCUT2D eigenvalue weighted by atomic mass is 10.1. The Balaban J connectivity index is 2.03. The molecule has 1 heterocycles. The summed E-state index contributed by atoms with van der Waals surface area (Å²) in [5.74, 6) is 0. The molecule has 0 N–H and O–H groups in total. The minimum atomic E-state index is 0.811. The van der Waals surface area contributed by atoms with E-state index in [1.165, 1.54) is 5.57 Å². The van der Waals surface area contributed by atoms with Crippen LogP contribution in [0.1, 0.15) is 12.6 Å². The summed E-state index contributed by atoms with van der Waals surface area (Å²) in [6.07, 6.45) is 14.7. The number of allylic oxidation sites excluding steroid dienone is 4. The van der Waals surface area contributed by atoms with Crippen LogP contribution in [0, 0.1) is 12.8 Å². The summed E-state index contributed by atoms with van der Waals surface area (Å²) in [6, 6.07) is 2.05. The highest BCUT2D eigenvalue weighted by Crippen LogP contribution is 2.10. The van der Waals surface area contributed by atoms with Crippen LogP contribution in [-0.2, 0) is 13.0 Å². The monoisotopic (exact) mass is 184 g/mol. The Morgan fingerprint density at radius 1 is 1.43 bits per heavy atom. The van der Waals surface area contributed by atoms with Crippen molar-refractivity contribution in [3.8, 4) is 0 Å². The van der Waals surface area contributed by atoms with Crippen molar-refractivity contribution in [3.63, 3.8) is 0 Å². The Bertz CT molecular complexity index is 358. The number of hydrogen-bond donors (Lipinski definition) is 0. The average Bonchev–Trinajstić information content (AvgIpc) is 2.67. The molecule has 0 atom stereocenters. The van der Waals surface area contributed by atoms with Crippen LogP contribution in [0.15, 0.2) is 36.1 Å². The molecule has 2 heteroatoms. The van der Waals surface area contributed by atoms with Crippen LogP contribution >= 0.6 is 0 Å². The third kappa shape index (κ3) is 2.13. The maximum Gasteiger partial charge on any atom is 0.0656 e. The first kappa shape index (κ1) is 9.25. The number of aryl methyl sites for hydroxylation is 1. The first-order chi connectivity index (χ1) is 6.88. The van der Waals surface area contributed by atoms with Crippen molar-refractivity contribution in [1.29, 1.82) is 0 Å². The first-order valence-electron chi connectivity index (χ1n) is 4.77. The lowest BCUT2D eigenvalue weighted by Gasteiger charge is -2.05. The second-order valence-electron chi connectivity index (χ2n) is 3.20. The summed E-state index contributed by atoms with van der Waals surface area (Å²) in [7, 11) is 0. The maximum atomic E-state index is 4.42. The topological polar surface area (TPSA) is 17.8 Å². The van der Waals surface area contributed by atoms with E-state index in [-0.39, 0.29) is 0 Å². The van der Waals surface area contributed by atoms with Crippen LogP contribution in [0.25, 0.3) is 0 Å². The van der Waals surface area contributed by atoms with Crippen molar-refractivity contribution in [2.75, 3.05) is 0 Å². The average molecular weight is 184 g/mol. The second-order valence-corrected chi connectivity index (χ2v) is 3.20. The van der Waals surface area contributed by atoms with Crippen LogP contribution in [0.5, 0.6) is 0 Å². The molecule has 0 spiro atoms. The quantitative estimate of drug-likeness (QED) is 0.703. The van der Waals surface area contributed by atoms with Gasteiger partial charge in [-0.3, -0.25) is 4.68 Å². The summed E-state index contributed by atoms with van der Waals surface area (Å²) < 4.78 is 1.95. The third-order valence-electron chi connectivity index (χ3n) is 2.12. The lowest BCUT2D eigenvalue weighted by molar-refractivity contribution is 0.672. The Labute approximate surface area is 84.9 Å². The van der Waals surface area contributed by atoms with E-state index in [0.717, 1.165) is 18.7 Å². The van der Waals surface area contributed by atoms with Crippen molar-refractivity contribution >= 4 is 0 Å². The van der Waals surface area contributed by atoms with E-state index in [0.29, 0.717) is 0 Å². The van der Waals surface area contributed by atoms with Crippen molar-refractivity contribution in [2.45, 2.75) is 19.9 Å². The Hall–Kier alpha value is -1.31. The first-order valence-corrected chi connectivity index (χ1v) is 4.77. The van der Waals surface area contributed by atoms with Crippen LogP contribution in [0.3, 0.4) is 0 Å². The van der Waals surface area contributed by atoms with Crippen LogP contribution in [-0.4, -0.2) is 9.78 Å². The molecule has 14 heavy (non-hydrogen) atoms. The van der Waals surface area contributed by atoms with Crippen molar-refractivity contribution in [2.24, 2.45) is 0 Å². The van der Waals surface area contributed by atoms with E-state index >= 15 is 0 Å². The van der Waals surface area contributed by atoms with Gasteiger partial charge in [0.1, 0.15) is 0 Å². The van der Waals surface area contributed by atoms with E-state index in [9.17, 15) is 0 Å². The number of aromatic nitrogens is 2. The summed E-state index contributed by atoms with van der Waals surface area (Å²) >= 11 is 0. The Morgan fingerprint density at radius 2 is 2.36 bits per heavy atom. The van der Waals surface area contributed by atoms with Crippen molar-refractivity contribution in [1.82, 2.24) is 9.78 Å². The molecule has 2 nitrogen and oxygen atoms in total. The van der Waals surface area contributed by atoms with Gasteiger partial charge in [0.15, 0.2) is 0 Å². The molecular formula is C12H12N2. The van der Waals surface area contributed by atoms with Crippen LogP contribution in [0.4, 0.5) is 0 Å². The number of rotatable bonds is 3. The molecule has 0 unspecified atom stereocenters. The normalized spacial score (nSPS) is 15.6. The van der Waals surface area contributed by atoms with Gasteiger partial charge in [-0.15, -0.1) is 0 Å². The van der Waals surface area contributed by atoms with Gasteiger partial charge in [-0.05, 0) is 18.1 Å². The molecule has 0 aliphatic heterocycles. The SMILES string of the molecule is CCc1ccn(CC2=C[C][C]C=C2)n1. The van der Waals surface area contributed by atoms with Gasteiger partial charge in [0.2, 0.25) is 0 Å². The fourth-order valence-corrected chi connectivity index (χ4v) is 1.35. The van der Waals surface area contributed by atoms with Gasteiger partial charge in [-0.25, -0.2) is 0 Å². The zero-order chi connectivity index (χ0) is 9.80. The van der Waals surface area contributed by atoms with Crippen LogP contribution in [0.2, 0.25) is 0 Å². The summed E-state index contributed by atoms with van der Waals surface area (Å²) in [6.45, 7) is 2.92. The molecule has 1 aliphatic rings. The van der Waals surface area contributed by atoms with Gasteiger partial charge in [-0.2, -0.15) is 5.10 Å². The zero-order valence-corrected chi connectivity index (χ0v) is 8.20. The van der Waals surface area contributed by atoms with Crippen molar-refractivity contribution < 1.29 is 0 Å². The predicted octanol–water partition coefficient (Wildman–Crippen LogP) is 2.10. The van der Waals surface area contributed by atoms with Gasteiger partial charge in [0.25, 0.3) is 0 Å². The molecule has 4 radical (unpaired) electrons. The van der Waals surface area contributed by atoms with E-state index in [4.69, 9.17) is 0 Å². The van der Waals surface area contributed by atoms with Gasteiger partial charge in [0, 0.05) is 19.0 Å². The maximum absolute atomic E-state index is 4.42. The summed E-state index contributed by atoms with van der Waals surface area (Å²) in [5.41, 5.74) is 2.34. The van der Waals surface area contributed by atoms with E-state index in [1.54, 1.807) is 0 Å². The van der Waals surface area contributed by atoms with Crippen molar-refractivity contribution in [3.05, 3.63) is 54.6 Å². The minimum Gasteiger partial charge on any atom is -0.268 e. The Morgan fingerprint density at radius 3 is 3.00 bits per heavy atom. The van der Waals surface area contributed by atoms with E-state index in [1.807, 2.05) is 29.1 Å². The summed E-state index contributed by atoms with van der Waals surface area (Å²) in [5, 5.41) is 4.42. The molecule has 0 fully saturated rings. The fraction of sp³-hybridized carbons (Fsp3) is 0.250. The molecule has 1 aliphatic carbocycles. The van der Waals surface area contributed by atoms with Gasteiger partial charge < -0.3 is 0 Å². The fourth-order valence-electron chi connectivity index (χ4n) is 1.35.